The van der Waals surface area contributed by atoms with Gasteiger partial charge >= 0.3 is 5.97 Å². The quantitative estimate of drug-likeness (QED) is 0.758. The van der Waals surface area contributed by atoms with Gasteiger partial charge in [0.2, 0.25) is 5.91 Å². The highest BCUT2D eigenvalue weighted by Crippen LogP contribution is 2.32. The van der Waals surface area contributed by atoms with E-state index in [1.165, 1.54) is 25.7 Å². The van der Waals surface area contributed by atoms with Crippen LogP contribution in [0.4, 0.5) is 0 Å². The molecule has 5 heteroatoms. The first-order chi connectivity index (χ1) is 10.6. The number of carboxylic acid groups (broad SMARTS) is 1. The number of hydrogen-bond donors (Lipinski definition) is 2. The number of carbonyl (C=O) groups is 2. The zero-order valence-corrected chi connectivity index (χ0v) is 13.6. The molecule has 1 saturated carbocycles. The van der Waals surface area contributed by atoms with E-state index in [0.29, 0.717) is 32.0 Å². The summed E-state index contributed by atoms with van der Waals surface area (Å²) in [5.74, 6) is -0.0949. The van der Waals surface area contributed by atoms with Crippen LogP contribution in [0.25, 0.3) is 0 Å². The van der Waals surface area contributed by atoms with Gasteiger partial charge in [-0.1, -0.05) is 32.6 Å². The molecule has 1 aliphatic heterocycles. The number of nitrogens with one attached hydrogen (secondary N) is 1. The van der Waals surface area contributed by atoms with E-state index in [1.54, 1.807) is 0 Å². The van der Waals surface area contributed by atoms with E-state index in [4.69, 9.17) is 4.74 Å². The zero-order chi connectivity index (χ0) is 16.0. The Hall–Kier alpha value is -1.10. The van der Waals surface area contributed by atoms with Gasteiger partial charge in [0, 0.05) is 25.7 Å². The van der Waals surface area contributed by atoms with Gasteiger partial charge in [-0.05, 0) is 31.6 Å². The molecule has 0 bridgehead atoms. The number of ether oxygens (including phenoxy) is 1. The Morgan fingerprint density at radius 3 is 2.45 bits per heavy atom. The SMILES string of the molecule is CCC(CC1CCCC1)C(=O)NCC1(C(=O)O)CCOCC1. The Labute approximate surface area is 132 Å². The highest BCUT2D eigenvalue weighted by Gasteiger charge is 2.40. The summed E-state index contributed by atoms with van der Waals surface area (Å²) in [6, 6.07) is 0. The van der Waals surface area contributed by atoms with E-state index >= 15 is 0 Å². The summed E-state index contributed by atoms with van der Waals surface area (Å²) in [7, 11) is 0. The van der Waals surface area contributed by atoms with Crippen molar-refractivity contribution in [2.24, 2.45) is 17.3 Å². The lowest BCUT2D eigenvalue weighted by molar-refractivity contribution is -0.154. The van der Waals surface area contributed by atoms with Gasteiger partial charge in [0.15, 0.2) is 0 Å². The molecule has 22 heavy (non-hydrogen) atoms. The Morgan fingerprint density at radius 1 is 1.27 bits per heavy atom. The highest BCUT2D eigenvalue weighted by molar-refractivity contribution is 5.80. The zero-order valence-electron chi connectivity index (χ0n) is 13.6. The summed E-state index contributed by atoms with van der Waals surface area (Å²) in [6.07, 6.45) is 7.76. The molecular weight excluding hydrogens is 282 g/mol. The van der Waals surface area contributed by atoms with Crippen LogP contribution in [0.5, 0.6) is 0 Å². The minimum atomic E-state index is -0.848. The summed E-state index contributed by atoms with van der Waals surface area (Å²) in [6.45, 7) is 3.19. The minimum absolute atomic E-state index is 0.0220. The second-order valence-corrected chi connectivity index (χ2v) is 6.91. The molecule has 1 atom stereocenters. The van der Waals surface area contributed by atoms with Gasteiger partial charge in [0.25, 0.3) is 0 Å². The van der Waals surface area contributed by atoms with Gasteiger partial charge < -0.3 is 15.2 Å². The molecule has 0 aromatic heterocycles. The molecule has 126 valence electrons. The molecule has 0 aromatic rings. The lowest BCUT2D eigenvalue weighted by Crippen LogP contribution is -2.47. The average molecular weight is 311 g/mol. The van der Waals surface area contributed by atoms with Crippen molar-refractivity contribution in [3.63, 3.8) is 0 Å². The standard InChI is InChI=1S/C17H29NO4/c1-2-14(11-13-5-3-4-6-13)15(19)18-12-17(16(20)21)7-9-22-10-8-17/h13-14H,2-12H2,1H3,(H,18,19)(H,20,21). The van der Waals surface area contributed by atoms with E-state index < -0.39 is 11.4 Å². The van der Waals surface area contributed by atoms with Crippen LogP contribution >= 0.6 is 0 Å². The summed E-state index contributed by atoms with van der Waals surface area (Å²) in [4.78, 5) is 24.0. The van der Waals surface area contributed by atoms with E-state index in [-0.39, 0.29) is 18.4 Å². The monoisotopic (exact) mass is 311 g/mol. The number of aliphatic carboxylic acids is 1. The number of rotatable bonds is 7. The Bertz CT molecular complexity index is 384. The van der Waals surface area contributed by atoms with Crippen molar-refractivity contribution in [1.29, 1.82) is 0 Å². The fraction of sp³-hybridized carbons (Fsp3) is 0.882. The molecule has 5 nitrogen and oxygen atoms in total. The van der Waals surface area contributed by atoms with Crippen molar-refractivity contribution in [3.8, 4) is 0 Å². The Morgan fingerprint density at radius 2 is 1.91 bits per heavy atom. The Kier molecular flexibility index (Phi) is 6.24. The van der Waals surface area contributed by atoms with Crippen molar-refractivity contribution in [1.82, 2.24) is 5.32 Å². The maximum Gasteiger partial charge on any atom is 0.311 e. The van der Waals surface area contributed by atoms with E-state index in [1.807, 2.05) is 6.92 Å². The molecule has 2 aliphatic rings. The van der Waals surface area contributed by atoms with E-state index in [2.05, 4.69) is 5.32 Å². The third-order valence-electron chi connectivity index (χ3n) is 5.46. The molecule has 1 heterocycles. The summed E-state index contributed by atoms with van der Waals surface area (Å²) in [5, 5.41) is 12.4. The molecule has 2 N–H and O–H groups in total. The third kappa shape index (κ3) is 4.22. The first-order valence-corrected chi connectivity index (χ1v) is 8.66. The van der Waals surface area contributed by atoms with Crippen molar-refractivity contribution in [2.75, 3.05) is 19.8 Å². The fourth-order valence-corrected chi connectivity index (χ4v) is 3.74. The molecule has 0 radical (unpaired) electrons. The van der Waals surface area contributed by atoms with Crippen molar-refractivity contribution >= 4 is 11.9 Å². The van der Waals surface area contributed by atoms with Crippen LogP contribution in [-0.2, 0) is 14.3 Å². The van der Waals surface area contributed by atoms with Gasteiger partial charge in [-0.2, -0.15) is 0 Å². The highest BCUT2D eigenvalue weighted by atomic mass is 16.5. The smallest absolute Gasteiger partial charge is 0.311 e. The predicted octanol–water partition coefficient (Wildman–Crippen LogP) is 2.59. The van der Waals surface area contributed by atoms with Crippen LogP contribution in [0.1, 0.15) is 58.3 Å². The van der Waals surface area contributed by atoms with Gasteiger partial charge in [0.05, 0.1) is 5.41 Å². The predicted molar refractivity (Wildman–Crippen MR) is 83.5 cm³/mol. The van der Waals surface area contributed by atoms with Crippen LogP contribution in [0, 0.1) is 17.3 Å². The maximum absolute atomic E-state index is 12.4. The average Bonchev–Trinajstić information content (AvgIpc) is 3.04. The second-order valence-electron chi connectivity index (χ2n) is 6.91. The fourth-order valence-electron chi connectivity index (χ4n) is 3.74. The lowest BCUT2D eigenvalue weighted by Gasteiger charge is -2.33. The van der Waals surface area contributed by atoms with Crippen LogP contribution in [0.15, 0.2) is 0 Å². The molecule has 2 fully saturated rings. The van der Waals surface area contributed by atoms with Crippen molar-refractivity contribution in [3.05, 3.63) is 0 Å². The summed E-state index contributed by atoms with van der Waals surface area (Å²) in [5.41, 5.74) is -0.848. The molecule has 1 amide bonds. The normalized spacial score (nSPS) is 23.1. The summed E-state index contributed by atoms with van der Waals surface area (Å²) < 4.78 is 5.26. The molecular formula is C17H29NO4. The topological polar surface area (TPSA) is 75.6 Å². The number of hydrogen-bond acceptors (Lipinski definition) is 3. The van der Waals surface area contributed by atoms with E-state index in [9.17, 15) is 14.7 Å². The minimum Gasteiger partial charge on any atom is -0.481 e. The van der Waals surface area contributed by atoms with Gasteiger partial charge in [-0.15, -0.1) is 0 Å². The summed E-state index contributed by atoms with van der Waals surface area (Å²) >= 11 is 0. The van der Waals surface area contributed by atoms with Crippen LogP contribution < -0.4 is 5.32 Å². The van der Waals surface area contributed by atoms with Crippen molar-refractivity contribution < 1.29 is 19.4 Å². The molecule has 1 saturated heterocycles. The molecule has 1 aliphatic carbocycles. The largest absolute Gasteiger partial charge is 0.481 e. The lowest BCUT2D eigenvalue weighted by atomic mass is 9.80. The van der Waals surface area contributed by atoms with Gasteiger partial charge in [-0.3, -0.25) is 9.59 Å². The molecule has 0 spiro atoms. The van der Waals surface area contributed by atoms with E-state index in [0.717, 1.165) is 12.8 Å². The van der Waals surface area contributed by atoms with Crippen LogP contribution in [-0.4, -0.2) is 36.7 Å². The number of carboxylic acids is 1. The number of carbonyl (C=O) groups excluding carboxylic acids is 1. The van der Waals surface area contributed by atoms with Crippen LogP contribution in [0.3, 0.4) is 0 Å². The van der Waals surface area contributed by atoms with Gasteiger partial charge in [-0.25, -0.2) is 0 Å². The second kappa shape index (κ2) is 7.95. The first kappa shape index (κ1) is 17.3. The molecule has 1 unspecified atom stereocenters. The third-order valence-corrected chi connectivity index (χ3v) is 5.46. The number of amides is 1. The Balaban J connectivity index is 1.87. The first-order valence-electron chi connectivity index (χ1n) is 8.66. The molecule has 2 rings (SSSR count). The van der Waals surface area contributed by atoms with Gasteiger partial charge in [0.1, 0.15) is 0 Å². The molecule has 0 aromatic carbocycles. The maximum atomic E-state index is 12.4. The van der Waals surface area contributed by atoms with Crippen molar-refractivity contribution in [2.45, 2.75) is 58.3 Å². The van der Waals surface area contributed by atoms with Crippen LogP contribution in [0.2, 0.25) is 0 Å².